The van der Waals surface area contributed by atoms with E-state index >= 15 is 0 Å². The van der Waals surface area contributed by atoms with E-state index in [2.05, 4.69) is 5.32 Å². The van der Waals surface area contributed by atoms with Crippen molar-refractivity contribution < 1.29 is 19.1 Å². The van der Waals surface area contributed by atoms with E-state index in [4.69, 9.17) is 16.7 Å². The summed E-state index contributed by atoms with van der Waals surface area (Å²) in [5.74, 6) is -3.04. The maximum absolute atomic E-state index is 12.9. The molecule has 108 valence electrons. The van der Waals surface area contributed by atoms with Crippen molar-refractivity contribution in [3.05, 3.63) is 29.0 Å². The van der Waals surface area contributed by atoms with Crippen LogP contribution in [0.2, 0.25) is 5.02 Å². The average Bonchev–Trinajstić information content (AvgIpc) is 2.41. The second-order valence-corrected chi connectivity index (χ2v) is 5.36. The number of carboxylic acids is 1. The fourth-order valence-electron chi connectivity index (χ4n) is 2.56. The Morgan fingerprint density at radius 1 is 1.25 bits per heavy atom. The summed E-state index contributed by atoms with van der Waals surface area (Å²) in [7, 11) is 0. The van der Waals surface area contributed by atoms with E-state index in [1.807, 2.05) is 0 Å². The fourth-order valence-corrected chi connectivity index (χ4v) is 2.77. The van der Waals surface area contributed by atoms with Crippen LogP contribution in [0.25, 0.3) is 0 Å². The number of nitrogens with one attached hydrogen (secondary N) is 1. The number of hydrogen-bond donors (Lipinski definition) is 2. The number of amides is 1. The zero-order chi connectivity index (χ0) is 14.7. The van der Waals surface area contributed by atoms with E-state index in [-0.39, 0.29) is 10.9 Å². The predicted molar refractivity (Wildman–Crippen MR) is 73.1 cm³/mol. The van der Waals surface area contributed by atoms with E-state index in [0.29, 0.717) is 18.5 Å². The summed E-state index contributed by atoms with van der Waals surface area (Å²) in [6.45, 7) is 0. The zero-order valence-electron chi connectivity index (χ0n) is 10.7. The van der Waals surface area contributed by atoms with Gasteiger partial charge in [-0.15, -0.1) is 0 Å². The Hall–Kier alpha value is -1.62. The molecule has 4 nitrogen and oxygen atoms in total. The van der Waals surface area contributed by atoms with Gasteiger partial charge in [-0.1, -0.05) is 24.4 Å². The lowest BCUT2D eigenvalue weighted by atomic mass is 9.78. The standard InChI is InChI=1S/C14H15ClFNO3/c15-11-7-8(16)5-6-12(11)17-13(18)9-3-1-2-4-10(9)14(19)20/h5-7,9-10H,1-4H2,(H,17,18)(H,19,20). The summed E-state index contributed by atoms with van der Waals surface area (Å²) >= 11 is 5.84. The zero-order valence-corrected chi connectivity index (χ0v) is 11.5. The highest BCUT2D eigenvalue weighted by Crippen LogP contribution is 2.32. The van der Waals surface area contributed by atoms with Gasteiger partial charge in [-0.3, -0.25) is 9.59 Å². The smallest absolute Gasteiger partial charge is 0.307 e. The van der Waals surface area contributed by atoms with Gasteiger partial charge < -0.3 is 10.4 Å². The molecule has 0 heterocycles. The third-order valence-electron chi connectivity index (χ3n) is 3.61. The molecule has 1 aliphatic carbocycles. The van der Waals surface area contributed by atoms with Gasteiger partial charge in [-0.25, -0.2) is 4.39 Å². The normalized spacial score (nSPS) is 22.3. The maximum Gasteiger partial charge on any atom is 0.307 e. The average molecular weight is 300 g/mol. The number of aliphatic carboxylic acids is 1. The van der Waals surface area contributed by atoms with Crippen LogP contribution in [-0.2, 0) is 9.59 Å². The maximum atomic E-state index is 12.9. The summed E-state index contributed by atoms with van der Waals surface area (Å²) in [4.78, 5) is 23.4. The Labute approximate surface area is 120 Å². The molecule has 1 saturated carbocycles. The summed E-state index contributed by atoms with van der Waals surface area (Å²) in [5, 5.41) is 11.8. The van der Waals surface area contributed by atoms with Gasteiger partial charge in [0, 0.05) is 0 Å². The summed E-state index contributed by atoms with van der Waals surface area (Å²) in [6, 6.07) is 3.66. The second-order valence-electron chi connectivity index (χ2n) is 4.95. The third-order valence-corrected chi connectivity index (χ3v) is 3.92. The van der Waals surface area contributed by atoms with Crippen LogP contribution in [-0.4, -0.2) is 17.0 Å². The van der Waals surface area contributed by atoms with E-state index in [1.54, 1.807) is 0 Å². The largest absolute Gasteiger partial charge is 0.481 e. The molecule has 0 saturated heterocycles. The molecule has 0 aromatic heterocycles. The minimum absolute atomic E-state index is 0.0982. The number of rotatable bonds is 3. The first-order valence-electron chi connectivity index (χ1n) is 6.48. The van der Waals surface area contributed by atoms with Crippen molar-refractivity contribution in [3.8, 4) is 0 Å². The molecular formula is C14H15ClFNO3. The van der Waals surface area contributed by atoms with Crippen LogP contribution in [0.4, 0.5) is 10.1 Å². The molecule has 2 unspecified atom stereocenters. The molecule has 1 amide bonds. The lowest BCUT2D eigenvalue weighted by molar-refractivity contribution is -0.147. The number of carbonyl (C=O) groups excluding carboxylic acids is 1. The number of carbonyl (C=O) groups is 2. The predicted octanol–water partition coefficient (Wildman–Crippen LogP) is 3.31. The molecule has 0 spiro atoms. The van der Waals surface area contributed by atoms with Crippen molar-refractivity contribution >= 4 is 29.2 Å². The van der Waals surface area contributed by atoms with Gasteiger partial charge in [0.1, 0.15) is 5.82 Å². The van der Waals surface area contributed by atoms with Crippen molar-refractivity contribution in [2.45, 2.75) is 25.7 Å². The van der Waals surface area contributed by atoms with Gasteiger partial charge >= 0.3 is 5.97 Å². The fraction of sp³-hybridized carbons (Fsp3) is 0.429. The molecule has 1 aromatic carbocycles. The first-order chi connectivity index (χ1) is 9.49. The van der Waals surface area contributed by atoms with Gasteiger partial charge in [-0.05, 0) is 31.0 Å². The molecule has 0 radical (unpaired) electrons. The highest BCUT2D eigenvalue weighted by Gasteiger charge is 2.35. The van der Waals surface area contributed by atoms with E-state index in [1.165, 1.54) is 12.1 Å². The van der Waals surface area contributed by atoms with Crippen LogP contribution >= 0.6 is 11.6 Å². The van der Waals surface area contributed by atoms with E-state index in [9.17, 15) is 14.0 Å². The Bertz CT molecular complexity index is 535. The highest BCUT2D eigenvalue weighted by atomic mass is 35.5. The number of halogens is 2. The summed E-state index contributed by atoms with van der Waals surface area (Å²) in [5.41, 5.74) is 0.299. The lowest BCUT2D eigenvalue weighted by Gasteiger charge is -2.27. The first kappa shape index (κ1) is 14.8. The molecule has 1 aliphatic rings. The van der Waals surface area contributed by atoms with Crippen LogP contribution in [0, 0.1) is 17.7 Å². The molecule has 2 atom stereocenters. The molecule has 2 rings (SSSR count). The van der Waals surface area contributed by atoms with Gasteiger partial charge in [-0.2, -0.15) is 0 Å². The van der Waals surface area contributed by atoms with Gasteiger partial charge in [0.25, 0.3) is 0 Å². The molecule has 1 aromatic rings. The second kappa shape index (κ2) is 6.22. The number of benzene rings is 1. The van der Waals surface area contributed by atoms with Crippen LogP contribution in [0.15, 0.2) is 18.2 Å². The van der Waals surface area contributed by atoms with E-state index < -0.39 is 23.6 Å². The van der Waals surface area contributed by atoms with E-state index in [0.717, 1.165) is 18.9 Å². The van der Waals surface area contributed by atoms with Gasteiger partial charge in [0.15, 0.2) is 0 Å². The van der Waals surface area contributed by atoms with Gasteiger partial charge in [0.2, 0.25) is 5.91 Å². The minimum atomic E-state index is -0.949. The van der Waals surface area contributed by atoms with Crippen LogP contribution in [0.5, 0.6) is 0 Å². The summed E-state index contributed by atoms with van der Waals surface area (Å²) < 4.78 is 12.9. The molecule has 0 aliphatic heterocycles. The Morgan fingerprint density at radius 3 is 2.50 bits per heavy atom. The topological polar surface area (TPSA) is 66.4 Å². The van der Waals surface area contributed by atoms with Crippen LogP contribution in [0.1, 0.15) is 25.7 Å². The molecule has 0 bridgehead atoms. The van der Waals surface area contributed by atoms with Crippen molar-refractivity contribution in [2.24, 2.45) is 11.8 Å². The molecule has 20 heavy (non-hydrogen) atoms. The third kappa shape index (κ3) is 3.28. The minimum Gasteiger partial charge on any atom is -0.481 e. The highest BCUT2D eigenvalue weighted by molar-refractivity contribution is 6.33. The molecule has 6 heteroatoms. The Balaban J connectivity index is 2.12. The molecule has 2 N–H and O–H groups in total. The van der Waals surface area contributed by atoms with Crippen molar-refractivity contribution in [2.75, 3.05) is 5.32 Å². The Morgan fingerprint density at radius 2 is 1.90 bits per heavy atom. The van der Waals surface area contributed by atoms with Crippen molar-refractivity contribution in [1.29, 1.82) is 0 Å². The number of anilines is 1. The molecule has 1 fully saturated rings. The molecular weight excluding hydrogens is 285 g/mol. The Kier molecular flexibility index (Phi) is 4.60. The number of hydrogen-bond acceptors (Lipinski definition) is 2. The van der Waals surface area contributed by atoms with Gasteiger partial charge in [0.05, 0.1) is 22.5 Å². The monoisotopic (exact) mass is 299 g/mol. The first-order valence-corrected chi connectivity index (χ1v) is 6.85. The van der Waals surface area contributed by atoms with Crippen LogP contribution < -0.4 is 5.32 Å². The van der Waals surface area contributed by atoms with Crippen molar-refractivity contribution in [1.82, 2.24) is 0 Å². The number of carboxylic acid groups (broad SMARTS) is 1. The quantitative estimate of drug-likeness (QED) is 0.900. The SMILES string of the molecule is O=C(O)C1CCCCC1C(=O)Nc1ccc(F)cc1Cl. The lowest BCUT2D eigenvalue weighted by Crippen LogP contribution is -2.36. The summed E-state index contributed by atoms with van der Waals surface area (Å²) in [6.07, 6.45) is 2.70. The van der Waals surface area contributed by atoms with Crippen molar-refractivity contribution in [3.63, 3.8) is 0 Å². The van der Waals surface area contributed by atoms with Crippen LogP contribution in [0.3, 0.4) is 0 Å².